The lowest BCUT2D eigenvalue weighted by Crippen LogP contribution is -2.58. The second-order valence-corrected chi connectivity index (χ2v) is 14.6. The number of aliphatic hydroxyl groups excluding tert-OH is 1. The number of hydrogen-bond donors (Lipinski definition) is 5. The fourth-order valence-electron chi connectivity index (χ4n) is 6.04. The molecule has 0 radical (unpaired) electrons. The highest BCUT2D eigenvalue weighted by Crippen LogP contribution is 2.28. The van der Waals surface area contributed by atoms with E-state index < -0.39 is 29.7 Å². The van der Waals surface area contributed by atoms with Crippen molar-refractivity contribution in [2.45, 2.75) is 65.3 Å². The maximum absolute atomic E-state index is 13.9. The highest BCUT2D eigenvalue weighted by Gasteiger charge is 2.44. The molecule has 1 aromatic heterocycles. The summed E-state index contributed by atoms with van der Waals surface area (Å²) >= 11 is 1.58. The molecule has 14 nitrogen and oxygen atoms in total. The van der Waals surface area contributed by atoms with Crippen LogP contribution < -0.4 is 16.0 Å². The minimum atomic E-state index is -1.06. The van der Waals surface area contributed by atoms with E-state index in [1.54, 1.807) is 11.3 Å². The Hall–Kier alpha value is -3.63. The monoisotopic (exact) mass is 701 g/mol. The summed E-state index contributed by atoms with van der Waals surface area (Å²) in [4.78, 5) is 62.2. The Balaban J connectivity index is 1.23. The van der Waals surface area contributed by atoms with Crippen LogP contribution in [0.5, 0.6) is 0 Å². The molecular weight excluding hydrogens is 650 g/mol. The molecule has 1 unspecified atom stereocenters. The molecule has 0 spiro atoms. The highest BCUT2D eigenvalue weighted by atomic mass is 32.1. The van der Waals surface area contributed by atoms with Crippen molar-refractivity contribution in [1.82, 2.24) is 35.6 Å². The zero-order valence-electron chi connectivity index (χ0n) is 28.9. The van der Waals surface area contributed by atoms with Crippen LogP contribution in [0.3, 0.4) is 0 Å². The van der Waals surface area contributed by atoms with Gasteiger partial charge in [0.15, 0.2) is 0 Å². The van der Waals surface area contributed by atoms with Crippen molar-refractivity contribution in [1.29, 1.82) is 0 Å². The molecule has 2 aliphatic heterocycles. The molecule has 49 heavy (non-hydrogen) atoms. The minimum absolute atomic E-state index is 0.0246. The van der Waals surface area contributed by atoms with Crippen LogP contribution in [0.1, 0.15) is 44.9 Å². The van der Waals surface area contributed by atoms with Crippen molar-refractivity contribution in [2.75, 3.05) is 65.6 Å². The van der Waals surface area contributed by atoms with Crippen LogP contribution in [0.4, 0.5) is 4.79 Å². The first-order valence-corrected chi connectivity index (χ1v) is 17.7. The number of carbonyl (C=O) groups excluding carboxylic acids is 3. The number of rotatable bonds is 15. The number of carbonyl (C=O) groups is 4. The van der Waals surface area contributed by atoms with Gasteiger partial charge in [-0.15, -0.1) is 11.3 Å². The number of likely N-dealkylation sites (tertiary alicyclic amines) is 1. The largest absolute Gasteiger partial charge is 0.465 e. The zero-order chi connectivity index (χ0) is 35.6. The van der Waals surface area contributed by atoms with Crippen molar-refractivity contribution in [3.63, 3.8) is 0 Å². The van der Waals surface area contributed by atoms with Gasteiger partial charge < -0.3 is 40.7 Å². The lowest BCUT2D eigenvalue weighted by atomic mass is 9.85. The van der Waals surface area contributed by atoms with E-state index >= 15 is 0 Å². The molecule has 270 valence electrons. The van der Waals surface area contributed by atoms with Gasteiger partial charge in [-0.25, -0.2) is 9.78 Å². The molecule has 4 amide bonds. The summed E-state index contributed by atoms with van der Waals surface area (Å²) in [5, 5.41) is 27.2. The van der Waals surface area contributed by atoms with Crippen LogP contribution in [-0.4, -0.2) is 137 Å². The first-order valence-electron chi connectivity index (χ1n) is 16.9. The fraction of sp³-hybridized carbons (Fsp3) is 0.618. The number of β-amino-alcohol motifs (C(OH)–C–C–N with tert-alkyl or cyclic N) is 1. The van der Waals surface area contributed by atoms with Crippen LogP contribution in [0.2, 0.25) is 0 Å². The van der Waals surface area contributed by atoms with Gasteiger partial charge in [0.1, 0.15) is 12.1 Å². The molecule has 0 bridgehead atoms. The Morgan fingerprint density at radius 2 is 1.69 bits per heavy atom. The van der Waals surface area contributed by atoms with E-state index in [0.29, 0.717) is 19.8 Å². The van der Waals surface area contributed by atoms with Gasteiger partial charge in [0.2, 0.25) is 17.7 Å². The van der Waals surface area contributed by atoms with Crippen molar-refractivity contribution in [3.8, 4) is 10.4 Å². The maximum Gasteiger partial charge on any atom is 0.404 e. The number of thiazole rings is 1. The molecule has 2 aliphatic rings. The molecule has 15 heteroatoms. The normalized spacial score (nSPS) is 19.4. The third-order valence-electron chi connectivity index (χ3n) is 8.91. The van der Waals surface area contributed by atoms with Gasteiger partial charge in [0.05, 0.1) is 35.4 Å². The Bertz CT molecular complexity index is 1410. The lowest BCUT2D eigenvalue weighted by Gasteiger charge is -2.36. The molecule has 0 aliphatic carbocycles. The quantitative estimate of drug-likeness (QED) is 0.171. The molecule has 5 N–H and O–H groups in total. The number of amides is 4. The highest BCUT2D eigenvalue weighted by molar-refractivity contribution is 7.13. The van der Waals surface area contributed by atoms with E-state index in [1.807, 2.05) is 57.5 Å². The van der Waals surface area contributed by atoms with Gasteiger partial charge in [-0.1, -0.05) is 45.0 Å². The molecule has 2 saturated heterocycles. The number of aromatic nitrogens is 1. The van der Waals surface area contributed by atoms with Crippen LogP contribution in [0.15, 0.2) is 29.8 Å². The summed E-state index contributed by atoms with van der Waals surface area (Å²) < 4.78 is 5.48. The molecular formula is C34H51N7O7S. The number of nitrogens with one attached hydrogen (secondary N) is 3. The number of hydrogen-bond acceptors (Lipinski definition) is 10. The van der Waals surface area contributed by atoms with Crippen LogP contribution >= 0.6 is 11.3 Å². The third-order valence-corrected chi connectivity index (χ3v) is 9.88. The summed E-state index contributed by atoms with van der Waals surface area (Å²) in [6, 6.07) is 6.19. The molecule has 0 saturated carbocycles. The number of nitrogens with zero attached hydrogens (tertiary/aromatic N) is 4. The number of ether oxygens (including phenoxy) is 1. The first kappa shape index (κ1) is 38.2. The van der Waals surface area contributed by atoms with Gasteiger partial charge in [-0.2, -0.15) is 0 Å². The predicted molar refractivity (Wildman–Crippen MR) is 186 cm³/mol. The second kappa shape index (κ2) is 17.9. The Morgan fingerprint density at radius 3 is 2.31 bits per heavy atom. The van der Waals surface area contributed by atoms with Gasteiger partial charge >= 0.3 is 6.09 Å². The lowest BCUT2D eigenvalue weighted by molar-refractivity contribution is -0.144. The number of piperazine rings is 1. The van der Waals surface area contributed by atoms with Crippen LogP contribution in [0, 0.1) is 12.3 Å². The summed E-state index contributed by atoms with van der Waals surface area (Å²) in [6.45, 7) is 13.6. The molecule has 4 rings (SSSR count). The average Bonchev–Trinajstić information content (AvgIpc) is 3.68. The van der Waals surface area contributed by atoms with Crippen LogP contribution in [-0.2, 0) is 25.7 Å². The molecule has 2 fully saturated rings. The summed E-state index contributed by atoms with van der Waals surface area (Å²) in [5.74, 6) is -0.958. The first-order chi connectivity index (χ1) is 23.3. The third kappa shape index (κ3) is 11.5. The maximum atomic E-state index is 13.9. The second-order valence-electron chi connectivity index (χ2n) is 13.7. The van der Waals surface area contributed by atoms with E-state index in [9.17, 15) is 24.3 Å². The van der Waals surface area contributed by atoms with Gasteiger partial charge in [0, 0.05) is 71.7 Å². The number of carboxylic acid groups (broad SMARTS) is 1. The number of aliphatic hydroxyl groups is 1. The average molecular weight is 702 g/mol. The zero-order valence-corrected chi connectivity index (χ0v) is 29.8. The van der Waals surface area contributed by atoms with Crippen molar-refractivity contribution in [3.05, 3.63) is 41.0 Å². The Labute approximate surface area is 292 Å². The van der Waals surface area contributed by atoms with Crippen LogP contribution in [0.25, 0.3) is 10.4 Å². The molecule has 2 aromatic rings. The van der Waals surface area contributed by atoms with Crippen molar-refractivity contribution in [2.24, 2.45) is 5.41 Å². The predicted octanol–water partition coefficient (Wildman–Crippen LogP) is 1.52. The number of aryl methyl sites for hydroxylation is 1. The number of benzene rings is 1. The summed E-state index contributed by atoms with van der Waals surface area (Å²) in [7, 11) is 0. The molecule has 3 atom stereocenters. The minimum Gasteiger partial charge on any atom is -0.465 e. The van der Waals surface area contributed by atoms with E-state index in [0.717, 1.165) is 54.4 Å². The topological polar surface area (TPSA) is 177 Å². The van der Waals surface area contributed by atoms with E-state index in [2.05, 4.69) is 30.7 Å². The molecule has 3 heterocycles. The van der Waals surface area contributed by atoms with Gasteiger partial charge in [-0.3, -0.25) is 19.3 Å². The standard InChI is InChI=1S/C34H51N7O7S/c1-23-29(49-22-37-23)25-7-5-24(6-8-25)20-36-31(44)27-19-26(42)21-41(27)32(45)30(34(2,3)4)38-28(43)9-11-39-12-14-40(15-13-39)16-18-48-17-10-35-33(46)47/h5-8,22,26-27,30,35,42H,9-21H2,1-4H3,(H,36,44)(H,38,43)(H,46,47)/t26-,27+,30?/m1/s1. The Kier molecular flexibility index (Phi) is 13.9. The SMILES string of the molecule is Cc1ncsc1-c1ccc(CNC(=O)[C@@H]2C[C@@H](O)CN2C(=O)C(NC(=O)CCN2CCN(CCOCCNC(=O)O)CC2)C(C)(C)C)cc1. The fourth-order valence-corrected chi connectivity index (χ4v) is 6.85. The van der Waals surface area contributed by atoms with Gasteiger partial charge in [0.25, 0.3) is 0 Å². The summed E-state index contributed by atoms with van der Waals surface area (Å²) in [5.41, 5.74) is 4.13. The van der Waals surface area contributed by atoms with E-state index in [1.165, 1.54) is 4.90 Å². The Morgan fingerprint density at radius 1 is 1.02 bits per heavy atom. The van der Waals surface area contributed by atoms with Crippen molar-refractivity contribution >= 4 is 35.2 Å². The van der Waals surface area contributed by atoms with E-state index in [-0.39, 0.29) is 50.2 Å². The smallest absolute Gasteiger partial charge is 0.404 e. The van der Waals surface area contributed by atoms with E-state index in [4.69, 9.17) is 9.84 Å². The van der Waals surface area contributed by atoms with Gasteiger partial charge in [-0.05, 0) is 23.5 Å². The summed E-state index contributed by atoms with van der Waals surface area (Å²) in [6.07, 6.45) is -1.54. The van der Waals surface area contributed by atoms with Crippen molar-refractivity contribution < 1.29 is 34.1 Å². The molecule has 1 aromatic carbocycles.